The molecule has 30 heavy (non-hydrogen) atoms. The molecule has 2 aromatic heterocycles. The summed E-state index contributed by atoms with van der Waals surface area (Å²) in [6.07, 6.45) is 3.51. The van der Waals surface area contributed by atoms with Crippen molar-refractivity contribution in [2.75, 3.05) is 11.5 Å². The summed E-state index contributed by atoms with van der Waals surface area (Å²) in [5.74, 6) is 0. The van der Waals surface area contributed by atoms with Gasteiger partial charge in [-0.3, -0.25) is 0 Å². The van der Waals surface area contributed by atoms with Gasteiger partial charge in [0.25, 0.3) is 0 Å². The van der Waals surface area contributed by atoms with Gasteiger partial charge in [0.05, 0.1) is 21.1 Å². The minimum atomic E-state index is 0.565. The molecule has 8 nitrogen and oxygen atoms in total. The van der Waals surface area contributed by atoms with Gasteiger partial charge in [-0.15, -0.1) is 20.5 Å². The third-order valence-corrected chi connectivity index (χ3v) is 6.12. The van der Waals surface area contributed by atoms with E-state index in [9.17, 15) is 0 Å². The molecule has 0 saturated heterocycles. The molecule has 0 amide bonds. The van der Waals surface area contributed by atoms with Crippen molar-refractivity contribution in [1.82, 2.24) is 9.97 Å². The second-order valence-electron chi connectivity index (χ2n) is 6.51. The first kappa shape index (κ1) is 19.8. The molecule has 0 spiro atoms. The lowest BCUT2D eigenvalue weighted by Crippen LogP contribution is -1.84. The highest BCUT2D eigenvalue weighted by molar-refractivity contribution is 7.25. The molecule has 0 unspecified atom stereocenters. The van der Waals surface area contributed by atoms with Crippen molar-refractivity contribution >= 4 is 55.7 Å². The van der Waals surface area contributed by atoms with Gasteiger partial charge in [-0.1, -0.05) is 22.7 Å². The van der Waals surface area contributed by atoms with E-state index in [0.717, 1.165) is 32.3 Å². The predicted molar refractivity (Wildman–Crippen MR) is 123 cm³/mol. The third kappa shape index (κ3) is 4.56. The zero-order valence-electron chi connectivity index (χ0n) is 16.3. The minimum Gasteiger partial charge on any atom is -0.399 e. The maximum absolute atomic E-state index is 5.77. The van der Waals surface area contributed by atoms with Crippen LogP contribution >= 0.6 is 22.7 Å². The van der Waals surface area contributed by atoms with Crippen LogP contribution < -0.4 is 11.5 Å². The summed E-state index contributed by atoms with van der Waals surface area (Å²) in [6, 6.07) is 11.0. The van der Waals surface area contributed by atoms with Crippen LogP contribution in [0.1, 0.15) is 11.1 Å². The molecule has 4 N–H and O–H groups in total. The molecule has 0 saturated carbocycles. The summed E-state index contributed by atoms with van der Waals surface area (Å²) in [7, 11) is 0. The van der Waals surface area contributed by atoms with E-state index in [1.165, 1.54) is 22.7 Å². The molecule has 150 valence electrons. The fourth-order valence-corrected chi connectivity index (χ4v) is 4.16. The molecule has 0 fully saturated rings. The number of benzene rings is 2. The number of anilines is 2. The van der Waals surface area contributed by atoms with Crippen LogP contribution in [0.15, 0.2) is 69.2 Å². The average Bonchev–Trinajstić information content (AvgIpc) is 3.36. The Morgan fingerprint density at radius 3 is 1.50 bits per heavy atom. The van der Waals surface area contributed by atoms with E-state index in [-0.39, 0.29) is 0 Å². The lowest BCUT2D eigenvalue weighted by Gasteiger charge is -1.99. The SMILES string of the molecule is Cc1cc(N)ccc1N=Nc1ncc(-c2cnc(N=Nc3ccc(N)cc3C)s2)s1. The molecule has 0 atom stereocenters. The molecule has 0 bridgehead atoms. The monoisotopic (exact) mass is 434 g/mol. The second-order valence-corrected chi connectivity index (χ2v) is 8.52. The number of hydrogen-bond acceptors (Lipinski definition) is 10. The van der Waals surface area contributed by atoms with Gasteiger partial charge in [0.1, 0.15) is 0 Å². The Morgan fingerprint density at radius 2 is 1.10 bits per heavy atom. The number of aryl methyl sites for hydroxylation is 2. The van der Waals surface area contributed by atoms with Crippen LogP contribution in [0.5, 0.6) is 0 Å². The number of thiazole rings is 2. The molecular weight excluding hydrogens is 416 g/mol. The zero-order chi connectivity index (χ0) is 21.1. The lowest BCUT2D eigenvalue weighted by atomic mass is 10.2. The highest BCUT2D eigenvalue weighted by atomic mass is 32.1. The maximum Gasteiger partial charge on any atom is 0.230 e. The lowest BCUT2D eigenvalue weighted by molar-refractivity contribution is 1.18. The summed E-state index contributed by atoms with van der Waals surface area (Å²) >= 11 is 2.87. The normalized spacial score (nSPS) is 11.7. The number of hydrogen-bond donors (Lipinski definition) is 2. The number of azo groups is 2. The summed E-state index contributed by atoms with van der Waals surface area (Å²) in [6.45, 7) is 3.88. The number of nitrogens with zero attached hydrogens (tertiary/aromatic N) is 6. The Morgan fingerprint density at radius 1 is 0.667 bits per heavy atom. The summed E-state index contributed by atoms with van der Waals surface area (Å²) in [4.78, 5) is 10.5. The molecule has 10 heteroatoms. The van der Waals surface area contributed by atoms with Gasteiger partial charge in [0.15, 0.2) is 0 Å². The zero-order valence-corrected chi connectivity index (χ0v) is 17.9. The molecule has 0 aliphatic heterocycles. The van der Waals surface area contributed by atoms with E-state index < -0.39 is 0 Å². The molecule has 0 aliphatic carbocycles. The Hall–Kier alpha value is -3.50. The van der Waals surface area contributed by atoms with Crippen LogP contribution in [0, 0.1) is 13.8 Å². The quantitative estimate of drug-likeness (QED) is 0.262. The van der Waals surface area contributed by atoms with Gasteiger partial charge >= 0.3 is 0 Å². The van der Waals surface area contributed by atoms with Gasteiger partial charge < -0.3 is 11.5 Å². The van der Waals surface area contributed by atoms with E-state index in [2.05, 4.69) is 30.4 Å². The standard InChI is InChI=1S/C20H18N8S2/c1-11-7-13(21)3-5-15(11)25-27-19-23-9-17(29-19)18-10-24-20(30-18)28-26-16-6-4-14(22)8-12(16)2/h3-10H,21-22H2,1-2H3. The highest BCUT2D eigenvalue weighted by Gasteiger charge is 2.09. The minimum absolute atomic E-state index is 0.565. The van der Waals surface area contributed by atoms with Crippen molar-refractivity contribution in [2.24, 2.45) is 20.5 Å². The second kappa shape index (κ2) is 8.47. The van der Waals surface area contributed by atoms with Gasteiger partial charge in [-0.05, 0) is 61.4 Å². The van der Waals surface area contributed by atoms with Gasteiger partial charge in [0.2, 0.25) is 10.3 Å². The van der Waals surface area contributed by atoms with Crippen LogP contribution in [0.25, 0.3) is 9.75 Å². The van der Waals surface area contributed by atoms with Crippen molar-refractivity contribution in [1.29, 1.82) is 0 Å². The first-order valence-corrected chi connectivity index (χ1v) is 10.6. The van der Waals surface area contributed by atoms with Crippen LogP contribution in [0.4, 0.5) is 33.0 Å². The van der Waals surface area contributed by atoms with Crippen LogP contribution in [0.2, 0.25) is 0 Å². The van der Waals surface area contributed by atoms with E-state index in [0.29, 0.717) is 21.6 Å². The number of nitrogens with two attached hydrogens (primary N) is 2. The molecule has 4 aromatic rings. The van der Waals surface area contributed by atoms with Crippen LogP contribution in [-0.2, 0) is 0 Å². The Balaban J connectivity index is 1.48. The molecule has 2 aromatic carbocycles. The van der Waals surface area contributed by atoms with Crippen molar-refractivity contribution < 1.29 is 0 Å². The van der Waals surface area contributed by atoms with Crippen LogP contribution in [0.3, 0.4) is 0 Å². The van der Waals surface area contributed by atoms with Crippen molar-refractivity contribution in [2.45, 2.75) is 13.8 Å². The maximum atomic E-state index is 5.77. The summed E-state index contributed by atoms with van der Waals surface area (Å²) in [5, 5.41) is 18.1. The third-order valence-electron chi connectivity index (χ3n) is 4.16. The molecule has 2 heterocycles. The highest BCUT2D eigenvalue weighted by Crippen LogP contribution is 2.37. The van der Waals surface area contributed by atoms with Crippen molar-refractivity contribution in [3.05, 3.63) is 59.9 Å². The smallest absolute Gasteiger partial charge is 0.230 e. The predicted octanol–water partition coefficient (Wildman–Crippen LogP) is 6.88. The van der Waals surface area contributed by atoms with Crippen molar-refractivity contribution in [3.63, 3.8) is 0 Å². The number of rotatable bonds is 5. The van der Waals surface area contributed by atoms with E-state index in [1.54, 1.807) is 24.5 Å². The van der Waals surface area contributed by atoms with Crippen LogP contribution in [-0.4, -0.2) is 9.97 Å². The largest absolute Gasteiger partial charge is 0.399 e. The van der Waals surface area contributed by atoms with E-state index in [1.807, 2.05) is 38.1 Å². The fourth-order valence-electron chi connectivity index (χ4n) is 2.63. The van der Waals surface area contributed by atoms with Gasteiger partial charge in [-0.2, -0.15) is 0 Å². The average molecular weight is 435 g/mol. The fraction of sp³-hybridized carbons (Fsp3) is 0.100. The first-order valence-electron chi connectivity index (χ1n) is 8.96. The van der Waals surface area contributed by atoms with Crippen molar-refractivity contribution in [3.8, 4) is 9.75 Å². The molecule has 0 radical (unpaired) electrons. The number of aromatic nitrogens is 2. The topological polar surface area (TPSA) is 127 Å². The Labute approximate surface area is 181 Å². The van der Waals surface area contributed by atoms with E-state index in [4.69, 9.17) is 11.5 Å². The Kier molecular flexibility index (Phi) is 5.59. The first-order chi connectivity index (χ1) is 14.5. The van der Waals surface area contributed by atoms with Gasteiger partial charge in [-0.25, -0.2) is 9.97 Å². The molecular formula is C20H18N8S2. The summed E-state index contributed by atoms with van der Waals surface area (Å²) < 4.78 is 0. The molecule has 0 aliphatic rings. The van der Waals surface area contributed by atoms with E-state index >= 15 is 0 Å². The Bertz CT molecular complexity index is 1160. The van der Waals surface area contributed by atoms with Gasteiger partial charge in [0, 0.05) is 23.8 Å². The summed E-state index contributed by atoms with van der Waals surface area (Å²) in [5.41, 5.74) is 16.4. The number of nitrogen functional groups attached to an aromatic ring is 2. The molecule has 4 rings (SSSR count).